The average molecular weight is 565 g/mol. The van der Waals surface area contributed by atoms with Crippen LogP contribution < -0.4 is 15.4 Å². The predicted octanol–water partition coefficient (Wildman–Crippen LogP) is 4.81. The number of carbonyl (C=O) groups is 2. The van der Waals surface area contributed by atoms with E-state index in [2.05, 4.69) is 17.6 Å². The number of ether oxygens (including phenoxy) is 1. The molecule has 0 aromatic heterocycles. The minimum Gasteiger partial charge on any atom is -0.484 e. The van der Waals surface area contributed by atoms with Crippen molar-refractivity contribution >= 4 is 21.7 Å². The SMILES string of the molecule is CCCC[C@@]1(CC)CS(=O)(=O)c2cc(OCC(=O)N[C@@H](C(=O)O)c3ccccc3)ccc2[C@H](c2ccccc2)N1. The number of unbranched alkanes of at least 4 members (excludes halogenated alkanes) is 1. The smallest absolute Gasteiger partial charge is 0.330 e. The molecule has 0 spiro atoms. The van der Waals surface area contributed by atoms with Crippen LogP contribution in [0.2, 0.25) is 0 Å². The molecule has 40 heavy (non-hydrogen) atoms. The molecule has 1 aliphatic heterocycles. The summed E-state index contributed by atoms with van der Waals surface area (Å²) in [5.41, 5.74) is 1.42. The summed E-state index contributed by atoms with van der Waals surface area (Å²) in [5, 5.41) is 15.8. The summed E-state index contributed by atoms with van der Waals surface area (Å²) in [6, 6.07) is 21.4. The van der Waals surface area contributed by atoms with E-state index in [-0.39, 0.29) is 22.4 Å². The van der Waals surface area contributed by atoms with Crippen LogP contribution in [0, 0.1) is 0 Å². The van der Waals surface area contributed by atoms with Gasteiger partial charge < -0.3 is 15.2 Å². The number of carbonyl (C=O) groups excluding carboxylic acids is 1. The van der Waals surface area contributed by atoms with E-state index in [1.807, 2.05) is 37.3 Å². The Morgan fingerprint density at radius 1 is 1.05 bits per heavy atom. The van der Waals surface area contributed by atoms with Crippen LogP contribution in [0.1, 0.15) is 68.3 Å². The number of benzene rings is 3. The maximum absolute atomic E-state index is 13.8. The van der Waals surface area contributed by atoms with Gasteiger partial charge in [0.25, 0.3) is 5.91 Å². The quantitative estimate of drug-likeness (QED) is 0.305. The highest BCUT2D eigenvalue weighted by atomic mass is 32.2. The molecule has 0 unspecified atom stereocenters. The lowest BCUT2D eigenvalue weighted by Crippen LogP contribution is -2.50. The fourth-order valence-electron chi connectivity index (χ4n) is 5.21. The molecule has 0 saturated heterocycles. The van der Waals surface area contributed by atoms with Gasteiger partial charge in [0, 0.05) is 5.54 Å². The fraction of sp³-hybridized carbons (Fsp3) is 0.355. The predicted molar refractivity (Wildman–Crippen MR) is 153 cm³/mol. The number of rotatable bonds is 11. The maximum Gasteiger partial charge on any atom is 0.330 e. The summed E-state index contributed by atoms with van der Waals surface area (Å²) < 4.78 is 33.3. The zero-order valence-corrected chi connectivity index (χ0v) is 23.6. The summed E-state index contributed by atoms with van der Waals surface area (Å²) in [6.07, 6.45) is 3.24. The number of aliphatic carboxylic acids is 1. The summed E-state index contributed by atoms with van der Waals surface area (Å²) in [5.74, 6) is -1.66. The fourth-order valence-corrected chi connectivity index (χ4v) is 7.37. The Balaban J connectivity index is 1.61. The molecule has 4 rings (SSSR count). The van der Waals surface area contributed by atoms with E-state index < -0.39 is 39.9 Å². The molecule has 3 N–H and O–H groups in total. The van der Waals surface area contributed by atoms with Crippen molar-refractivity contribution in [3.63, 3.8) is 0 Å². The lowest BCUT2D eigenvalue weighted by Gasteiger charge is -2.35. The van der Waals surface area contributed by atoms with Crippen molar-refractivity contribution in [2.75, 3.05) is 12.4 Å². The first-order valence-corrected chi connectivity index (χ1v) is 15.2. The van der Waals surface area contributed by atoms with E-state index in [1.54, 1.807) is 42.5 Å². The first kappa shape index (κ1) is 29.3. The highest BCUT2D eigenvalue weighted by molar-refractivity contribution is 7.91. The lowest BCUT2D eigenvalue weighted by molar-refractivity contribution is -0.142. The Hall–Kier alpha value is -3.69. The van der Waals surface area contributed by atoms with Crippen molar-refractivity contribution < 1.29 is 27.9 Å². The Morgan fingerprint density at radius 3 is 2.35 bits per heavy atom. The van der Waals surface area contributed by atoms with Crippen molar-refractivity contribution in [3.8, 4) is 5.75 Å². The van der Waals surface area contributed by atoms with Crippen LogP contribution in [0.3, 0.4) is 0 Å². The van der Waals surface area contributed by atoms with Crippen molar-refractivity contribution in [2.24, 2.45) is 0 Å². The van der Waals surface area contributed by atoms with Gasteiger partial charge in [-0.3, -0.25) is 10.1 Å². The van der Waals surface area contributed by atoms with Crippen LogP contribution in [-0.2, 0) is 19.4 Å². The molecule has 1 amide bonds. The first-order chi connectivity index (χ1) is 19.2. The Morgan fingerprint density at radius 2 is 1.73 bits per heavy atom. The Kier molecular flexibility index (Phi) is 9.27. The molecule has 0 aliphatic carbocycles. The van der Waals surface area contributed by atoms with Gasteiger partial charge in [-0.1, -0.05) is 93.4 Å². The molecule has 3 aromatic rings. The molecule has 0 saturated carbocycles. The van der Waals surface area contributed by atoms with Crippen LogP contribution in [0.4, 0.5) is 0 Å². The summed E-state index contributed by atoms with van der Waals surface area (Å²) in [7, 11) is -3.72. The van der Waals surface area contributed by atoms with Crippen LogP contribution in [0.25, 0.3) is 0 Å². The molecule has 1 heterocycles. The van der Waals surface area contributed by atoms with E-state index in [1.165, 1.54) is 6.07 Å². The van der Waals surface area contributed by atoms with E-state index in [9.17, 15) is 23.1 Å². The van der Waals surface area contributed by atoms with Gasteiger partial charge in [-0.2, -0.15) is 0 Å². The van der Waals surface area contributed by atoms with Gasteiger partial charge in [-0.05, 0) is 41.7 Å². The number of hydrogen-bond donors (Lipinski definition) is 3. The van der Waals surface area contributed by atoms with Gasteiger partial charge in [0.05, 0.1) is 16.7 Å². The largest absolute Gasteiger partial charge is 0.484 e. The molecule has 8 nitrogen and oxygen atoms in total. The van der Waals surface area contributed by atoms with Crippen molar-refractivity contribution in [2.45, 2.75) is 62.0 Å². The second-order valence-electron chi connectivity index (χ2n) is 10.2. The molecule has 212 valence electrons. The van der Waals surface area contributed by atoms with E-state index in [0.717, 1.165) is 24.8 Å². The van der Waals surface area contributed by atoms with E-state index >= 15 is 0 Å². The molecule has 3 atom stereocenters. The zero-order chi connectivity index (χ0) is 28.8. The third kappa shape index (κ3) is 6.71. The Labute approximate surface area is 235 Å². The molecule has 0 radical (unpaired) electrons. The van der Waals surface area contributed by atoms with Crippen molar-refractivity contribution in [1.29, 1.82) is 0 Å². The zero-order valence-electron chi connectivity index (χ0n) is 22.8. The molecular formula is C31H36N2O6S. The maximum atomic E-state index is 13.8. The van der Waals surface area contributed by atoms with Gasteiger partial charge in [-0.25, -0.2) is 13.2 Å². The van der Waals surface area contributed by atoms with Gasteiger partial charge >= 0.3 is 5.97 Å². The van der Waals surface area contributed by atoms with Crippen molar-refractivity contribution in [3.05, 3.63) is 95.6 Å². The number of sulfone groups is 1. The van der Waals surface area contributed by atoms with Gasteiger partial charge in [0.2, 0.25) is 0 Å². The second-order valence-corrected chi connectivity index (χ2v) is 12.2. The highest BCUT2D eigenvalue weighted by Crippen LogP contribution is 2.39. The lowest BCUT2D eigenvalue weighted by atomic mass is 9.88. The molecule has 3 aromatic carbocycles. The van der Waals surface area contributed by atoms with Crippen molar-refractivity contribution in [1.82, 2.24) is 10.6 Å². The molecule has 0 bridgehead atoms. The van der Waals surface area contributed by atoms with Crippen LogP contribution >= 0.6 is 0 Å². The van der Waals surface area contributed by atoms with Gasteiger partial charge in [0.1, 0.15) is 5.75 Å². The van der Waals surface area contributed by atoms with Gasteiger partial charge in [0.15, 0.2) is 22.5 Å². The van der Waals surface area contributed by atoms with E-state index in [4.69, 9.17) is 4.74 Å². The number of fused-ring (bicyclic) bond motifs is 1. The molecule has 9 heteroatoms. The third-order valence-corrected chi connectivity index (χ3v) is 9.38. The average Bonchev–Trinajstić information content (AvgIpc) is 3.06. The van der Waals surface area contributed by atoms with Crippen LogP contribution in [-0.4, -0.2) is 43.3 Å². The minimum absolute atomic E-state index is 0.0475. The number of carboxylic acids is 1. The number of carboxylic acid groups (broad SMARTS) is 1. The molecule has 0 fully saturated rings. The highest BCUT2D eigenvalue weighted by Gasteiger charge is 2.42. The number of nitrogens with one attached hydrogen (secondary N) is 2. The van der Waals surface area contributed by atoms with Crippen LogP contribution in [0.5, 0.6) is 5.75 Å². The molecular weight excluding hydrogens is 528 g/mol. The topological polar surface area (TPSA) is 122 Å². The summed E-state index contributed by atoms with van der Waals surface area (Å²) in [6.45, 7) is 3.64. The Bertz CT molecular complexity index is 1430. The second kappa shape index (κ2) is 12.7. The van der Waals surface area contributed by atoms with Gasteiger partial charge in [-0.15, -0.1) is 0 Å². The third-order valence-electron chi connectivity index (χ3n) is 7.42. The number of amides is 1. The molecule has 1 aliphatic rings. The van der Waals surface area contributed by atoms with E-state index in [0.29, 0.717) is 17.5 Å². The normalized spacial score (nSPS) is 20.5. The minimum atomic E-state index is -3.72. The monoisotopic (exact) mass is 564 g/mol. The first-order valence-electron chi connectivity index (χ1n) is 13.6. The standard InChI is InChI=1S/C31H36N2O6S/c1-3-5-18-31(4-2)21-40(37,38)26-19-24(16-17-25(26)28(33-31)22-12-8-6-9-13-22)39-20-27(34)32-29(30(35)36)23-14-10-7-11-15-23/h6-17,19,28-29,33H,3-5,18,20-21H2,1-2H3,(H,32,34)(H,35,36)/t28-,29+,31-/m0/s1. The summed E-state index contributed by atoms with van der Waals surface area (Å²) in [4.78, 5) is 24.5. The van der Waals surface area contributed by atoms with Crippen LogP contribution in [0.15, 0.2) is 83.8 Å². The number of hydrogen-bond acceptors (Lipinski definition) is 6. The summed E-state index contributed by atoms with van der Waals surface area (Å²) >= 11 is 0.